The Balaban J connectivity index is 2.19. The minimum atomic E-state index is -0.708. The second kappa shape index (κ2) is 6.99. The Bertz CT molecular complexity index is 628. The summed E-state index contributed by atoms with van der Waals surface area (Å²) in [5, 5.41) is 0. The molecule has 0 heterocycles. The molecular weight excluding hydrogens is 269 g/mol. The van der Waals surface area contributed by atoms with Crippen LogP contribution in [0.5, 0.6) is 0 Å². The van der Waals surface area contributed by atoms with Gasteiger partial charge in [-0.05, 0) is 30.5 Å². The van der Waals surface area contributed by atoms with Crippen molar-refractivity contribution in [1.82, 2.24) is 0 Å². The van der Waals surface area contributed by atoms with Crippen LogP contribution in [0.25, 0.3) is 11.1 Å². The van der Waals surface area contributed by atoms with Gasteiger partial charge >= 0.3 is 5.97 Å². The summed E-state index contributed by atoms with van der Waals surface area (Å²) in [6.07, 6.45) is 0.362. The zero-order valence-electron chi connectivity index (χ0n) is 11.9. The summed E-state index contributed by atoms with van der Waals surface area (Å²) in [5.41, 5.74) is 7.97. The lowest BCUT2D eigenvalue weighted by Gasteiger charge is -2.11. The molecule has 0 aliphatic rings. The maximum absolute atomic E-state index is 13.8. The van der Waals surface area contributed by atoms with E-state index in [1.807, 2.05) is 24.3 Å². The van der Waals surface area contributed by atoms with E-state index in [1.54, 1.807) is 25.1 Å². The van der Waals surface area contributed by atoms with Gasteiger partial charge in [0.15, 0.2) is 0 Å². The average Bonchev–Trinajstić information content (AvgIpc) is 2.48. The van der Waals surface area contributed by atoms with Gasteiger partial charge in [-0.3, -0.25) is 4.79 Å². The Hall–Kier alpha value is -2.20. The highest BCUT2D eigenvalue weighted by atomic mass is 19.1. The Morgan fingerprint density at radius 3 is 2.71 bits per heavy atom. The van der Waals surface area contributed by atoms with Crippen molar-refractivity contribution in [1.29, 1.82) is 0 Å². The van der Waals surface area contributed by atoms with Gasteiger partial charge in [-0.15, -0.1) is 0 Å². The summed E-state index contributed by atoms with van der Waals surface area (Å²) in [6, 6.07) is 13.2. The molecule has 0 saturated heterocycles. The van der Waals surface area contributed by atoms with Crippen LogP contribution in [0.2, 0.25) is 0 Å². The van der Waals surface area contributed by atoms with Gasteiger partial charge in [-0.25, -0.2) is 4.39 Å². The fourth-order valence-corrected chi connectivity index (χ4v) is 2.15. The van der Waals surface area contributed by atoms with Crippen LogP contribution in [0.15, 0.2) is 48.5 Å². The van der Waals surface area contributed by atoms with E-state index in [-0.39, 0.29) is 5.82 Å². The molecule has 0 radical (unpaired) electrons. The molecule has 0 spiro atoms. The van der Waals surface area contributed by atoms with Crippen molar-refractivity contribution in [2.45, 2.75) is 19.4 Å². The maximum atomic E-state index is 13.8. The van der Waals surface area contributed by atoms with Crippen molar-refractivity contribution in [3.8, 4) is 11.1 Å². The van der Waals surface area contributed by atoms with Crippen LogP contribution in [0.1, 0.15) is 12.5 Å². The van der Waals surface area contributed by atoms with E-state index in [0.29, 0.717) is 18.6 Å². The lowest BCUT2D eigenvalue weighted by atomic mass is 9.99. The topological polar surface area (TPSA) is 52.3 Å². The molecule has 0 amide bonds. The summed E-state index contributed by atoms with van der Waals surface area (Å²) in [7, 11) is 0. The first-order chi connectivity index (χ1) is 10.1. The van der Waals surface area contributed by atoms with Crippen LogP contribution in [-0.2, 0) is 16.0 Å². The van der Waals surface area contributed by atoms with Crippen molar-refractivity contribution in [3.05, 3.63) is 59.9 Å². The van der Waals surface area contributed by atoms with Crippen molar-refractivity contribution in [2.24, 2.45) is 5.73 Å². The predicted octanol–water partition coefficient (Wildman–Crippen LogP) is 2.93. The molecule has 0 aromatic heterocycles. The molecule has 0 saturated carbocycles. The summed E-state index contributed by atoms with van der Waals surface area (Å²) in [5.74, 6) is -0.696. The van der Waals surface area contributed by atoms with E-state index in [4.69, 9.17) is 10.5 Å². The standard InChI is InChI=1S/C17H18FNO2/c1-2-21-17(20)16(19)11-12-6-5-7-13(10-12)14-8-3-4-9-15(14)18/h3-10,16H,2,11,19H2,1H3. The Kier molecular flexibility index (Phi) is 5.06. The van der Waals surface area contributed by atoms with Crippen molar-refractivity contribution in [3.63, 3.8) is 0 Å². The van der Waals surface area contributed by atoms with Gasteiger partial charge in [0, 0.05) is 5.56 Å². The van der Waals surface area contributed by atoms with Gasteiger partial charge in [0.25, 0.3) is 0 Å². The second-order valence-electron chi connectivity index (χ2n) is 4.74. The summed E-state index contributed by atoms with van der Waals surface area (Å²) in [6.45, 7) is 2.05. The highest BCUT2D eigenvalue weighted by Crippen LogP contribution is 2.23. The molecule has 1 atom stereocenters. The van der Waals surface area contributed by atoms with Gasteiger partial charge in [-0.1, -0.05) is 42.5 Å². The minimum Gasteiger partial charge on any atom is -0.465 e. The third-order valence-electron chi connectivity index (χ3n) is 3.16. The lowest BCUT2D eigenvalue weighted by molar-refractivity contribution is -0.144. The maximum Gasteiger partial charge on any atom is 0.323 e. The molecule has 3 nitrogen and oxygen atoms in total. The predicted molar refractivity (Wildman–Crippen MR) is 80.1 cm³/mol. The SMILES string of the molecule is CCOC(=O)C(N)Cc1cccc(-c2ccccc2F)c1. The van der Waals surface area contributed by atoms with Crippen molar-refractivity contribution >= 4 is 5.97 Å². The van der Waals surface area contributed by atoms with E-state index in [9.17, 15) is 9.18 Å². The Morgan fingerprint density at radius 1 is 1.24 bits per heavy atom. The van der Waals surface area contributed by atoms with Gasteiger partial charge in [0.2, 0.25) is 0 Å². The number of ether oxygens (including phenoxy) is 1. The fourth-order valence-electron chi connectivity index (χ4n) is 2.15. The highest BCUT2D eigenvalue weighted by molar-refractivity contribution is 5.76. The number of esters is 1. The van der Waals surface area contributed by atoms with Gasteiger partial charge in [-0.2, -0.15) is 0 Å². The number of benzene rings is 2. The van der Waals surface area contributed by atoms with Crippen LogP contribution >= 0.6 is 0 Å². The first-order valence-electron chi connectivity index (χ1n) is 6.88. The normalized spacial score (nSPS) is 12.0. The number of carbonyl (C=O) groups is 1. The van der Waals surface area contributed by atoms with Crippen molar-refractivity contribution in [2.75, 3.05) is 6.61 Å². The van der Waals surface area contributed by atoms with Gasteiger partial charge in [0.05, 0.1) is 6.61 Å². The molecule has 0 fully saturated rings. The van der Waals surface area contributed by atoms with E-state index in [2.05, 4.69) is 0 Å². The monoisotopic (exact) mass is 287 g/mol. The Labute approximate surface area is 123 Å². The number of hydrogen-bond acceptors (Lipinski definition) is 3. The van der Waals surface area contributed by atoms with Crippen LogP contribution in [-0.4, -0.2) is 18.6 Å². The third kappa shape index (κ3) is 3.89. The zero-order valence-corrected chi connectivity index (χ0v) is 11.9. The fraction of sp³-hybridized carbons (Fsp3) is 0.235. The van der Waals surface area contributed by atoms with E-state index in [1.165, 1.54) is 6.07 Å². The quantitative estimate of drug-likeness (QED) is 0.860. The second-order valence-corrected chi connectivity index (χ2v) is 4.74. The molecular formula is C17H18FNO2. The smallest absolute Gasteiger partial charge is 0.323 e. The van der Waals surface area contributed by atoms with Crippen LogP contribution in [0, 0.1) is 5.82 Å². The molecule has 0 aliphatic carbocycles. The average molecular weight is 287 g/mol. The summed E-state index contributed by atoms with van der Waals surface area (Å²) in [4.78, 5) is 11.5. The van der Waals surface area contributed by atoms with Crippen LogP contribution < -0.4 is 5.73 Å². The molecule has 0 bridgehead atoms. The molecule has 110 valence electrons. The zero-order chi connectivity index (χ0) is 15.2. The number of halogens is 1. The van der Waals surface area contributed by atoms with E-state index in [0.717, 1.165) is 11.1 Å². The number of nitrogens with two attached hydrogens (primary N) is 1. The molecule has 0 aliphatic heterocycles. The molecule has 1 unspecified atom stereocenters. The largest absolute Gasteiger partial charge is 0.465 e. The third-order valence-corrected chi connectivity index (χ3v) is 3.16. The number of rotatable bonds is 5. The summed E-state index contributed by atoms with van der Waals surface area (Å²) >= 11 is 0. The Morgan fingerprint density at radius 2 is 2.00 bits per heavy atom. The van der Waals surface area contributed by atoms with Crippen molar-refractivity contribution < 1.29 is 13.9 Å². The molecule has 21 heavy (non-hydrogen) atoms. The first-order valence-corrected chi connectivity index (χ1v) is 6.88. The molecule has 2 N–H and O–H groups in total. The molecule has 2 rings (SSSR count). The van der Waals surface area contributed by atoms with Crippen LogP contribution in [0.3, 0.4) is 0 Å². The summed E-state index contributed by atoms with van der Waals surface area (Å²) < 4.78 is 18.7. The molecule has 4 heteroatoms. The minimum absolute atomic E-state index is 0.274. The lowest BCUT2D eigenvalue weighted by Crippen LogP contribution is -2.34. The number of hydrogen-bond donors (Lipinski definition) is 1. The molecule has 2 aromatic rings. The molecule has 2 aromatic carbocycles. The highest BCUT2D eigenvalue weighted by Gasteiger charge is 2.15. The van der Waals surface area contributed by atoms with Gasteiger partial charge < -0.3 is 10.5 Å². The first kappa shape index (κ1) is 15.2. The van der Waals surface area contributed by atoms with Crippen LogP contribution in [0.4, 0.5) is 4.39 Å². The van der Waals surface area contributed by atoms with E-state index >= 15 is 0 Å². The van der Waals surface area contributed by atoms with Gasteiger partial charge in [0.1, 0.15) is 11.9 Å². The number of carbonyl (C=O) groups excluding carboxylic acids is 1. The van der Waals surface area contributed by atoms with E-state index < -0.39 is 12.0 Å².